The van der Waals surface area contributed by atoms with Gasteiger partial charge in [0.25, 0.3) is 5.78 Å². The number of ether oxygens (including phenoxy) is 1. The van der Waals surface area contributed by atoms with Crippen LogP contribution in [0.2, 0.25) is 0 Å². The van der Waals surface area contributed by atoms with Crippen LogP contribution in [-0.2, 0) is 9.59 Å². The first-order valence-electron chi connectivity index (χ1n) is 10.3. The van der Waals surface area contributed by atoms with Gasteiger partial charge in [0, 0.05) is 18.0 Å². The zero-order valence-electron chi connectivity index (χ0n) is 17.7. The van der Waals surface area contributed by atoms with Crippen LogP contribution < -0.4 is 9.64 Å². The summed E-state index contributed by atoms with van der Waals surface area (Å²) in [6.45, 7) is 4.46. The van der Waals surface area contributed by atoms with Crippen LogP contribution in [0.3, 0.4) is 0 Å². The molecular formula is C23H22N4O4S. The highest BCUT2D eigenvalue weighted by Crippen LogP contribution is 2.42. The Bertz CT molecular complexity index is 1160. The molecule has 1 aliphatic heterocycles. The monoisotopic (exact) mass is 450 g/mol. The number of carbonyl (C=O) groups excluding carboxylic acids is 2. The van der Waals surface area contributed by atoms with E-state index in [1.807, 2.05) is 0 Å². The van der Waals surface area contributed by atoms with Gasteiger partial charge in [-0.2, -0.15) is 0 Å². The summed E-state index contributed by atoms with van der Waals surface area (Å²) in [7, 11) is 0. The van der Waals surface area contributed by atoms with Gasteiger partial charge in [-0.05, 0) is 49.2 Å². The molecule has 1 aromatic carbocycles. The first-order valence-corrected chi connectivity index (χ1v) is 11.1. The molecule has 1 N–H and O–H groups in total. The third-order valence-corrected chi connectivity index (χ3v) is 5.90. The second-order valence-corrected chi connectivity index (χ2v) is 8.45. The van der Waals surface area contributed by atoms with E-state index in [0.29, 0.717) is 28.5 Å². The van der Waals surface area contributed by atoms with E-state index in [0.717, 1.165) is 12.8 Å². The second-order valence-electron chi connectivity index (χ2n) is 7.29. The number of nitrogens with zero attached hydrogens (tertiary/aromatic N) is 4. The molecule has 0 bridgehead atoms. The zero-order chi connectivity index (χ0) is 22.7. The number of aromatic nitrogens is 3. The lowest BCUT2D eigenvalue weighted by molar-refractivity contribution is -0.132. The van der Waals surface area contributed by atoms with Crippen molar-refractivity contribution in [1.29, 1.82) is 0 Å². The Kier molecular flexibility index (Phi) is 6.27. The number of carbonyl (C=O) groups is 2. The van der Waals surface area contributed by atoms with Gasteiger partial charge in [0.15, 0.2) is 0 Å². The van der Waals surface area contributed by atoms with Gasteiger partial charge in [-0.1, -0.05) is 30.7 Å². The SMILES string of the molecule is CCCCOc1ccc(C(O)=C2C(=O)C(=O)N(c3nnc(C)s3)[C@H]2c2cccnc2)cc1. The third kappa shape index (κ3) is 4.11. The van der Waals surface area contributed by atoms with Crippen molar-refractivity contribution in [3.63, 3.8) is 0 Å². The fourth-order valence-electron chi connectivity index (χ4n) is 3.47. The van der Waals surface area contributed by atoms with Crippen LogP contribution in [0.4, 0.5) is 5.13 Å². The van der Waals surface area contributed by atoms with Crippen LogP contribution in [-0.4, -0.2) is 38.6 Å². The summed E-state index contributed by atoms with van der Waals surface area (Å²) in [5.74, 6) is -1.15. The number of Topliss-reactive ketones (excluding diaryl/α,β-unsaturated/α-hetero) is 1. The molecule has 1 amide bonds. The molecule has 3 aromatic rings. The van der Waals surface area contributed by atoms with E-state index in [1.165, 1.54) is 16.2 Å². The van der Waals surface area contributed by atoms with Gasteiger partial charge >= 0.3 is 5.91 Å². The number of amides is 1. The van der Waals surface area contributed by atoms with Crippen molar-refractivity contribution in [1.82, 2.24) is 15.2 Å². The fraction of sp³-hybridized carbons (Fsp3) is 0.261. The van der Waals surface area contributed by atoms with Gasteiger partial charge in [-0.15, -0.1) is 10.2 Å². The summed E-state index contributed by atoms with van der Waals surface area (Å²) in [4.78, 5) is 31.4. The third-order valence-electron chi connectivity index (χ3n) is 5.06. The maximum atomic E-state index is 13.0. The van der Waals surface area contributed by atoms with E-state index in [2.05, 4.69) is 22.1 Å². The van der Waals surface area contributed by atoms with Crippen molar-refractivity contribution >= 4 is 33.9 Å². The maximum Gasteiger partial charge on any atom is 0.301 e. The normalized spacial score (nSPS) is 17.7. The number of aryl methyl sites for hydroxylation is 1. The smallest absolute Gasteiger partial charge is 0.301 e. The van der Waals surface area contributed by atoms with E-state index < -0.39 is 17.7 Å². The lowest BCUT2D eigenvalue weighted by Crippen LogP contribution is -2.29. The van der Waals surface area contributed by atoms with Crippen molar-refractivity contribution in [2.24, 2.45) is 0 Å². The second kappa shape index (κ2) is 9.27. The molecule has 0 unspecified atom stereocenters. The van der Waals surface area contributed by atoms with Gasteiger partial charge in [0.2, 0.25) is 5.13 Å². The van der Waals surface area contributed by atoms with Gasteiger partial charge in [0.05, 0.1) is 18.2 Å². The summed E-state index contributed by atoms with van der Waals surface area (Å²) in [5.41, 5.74) is 0.976. The molecule has 4 rings (SSSR count). The summed E-state index contributed by atoms with van der Waals surface area (Å²) in [6.07, 6.45) is 5.14. The highest BCUT2D eigenvalue weighted by atomic mass is 32.1. The van der Waals surface area contributed by atoms with Gasteiger partial charge in [-0.25, -0.2) is 0 Å². The van der Waals surface area contributed by atoms with Crippen molar-refractivity contribution in [2.45, 2.75) is 32.7 Å². The molecule has 2 aromatic heterocycles. The van der Waals surface area contributed by atoms with Gasteiger partial charge in [0.1, 0.15) is 16.5 Å². The Morgan fingerprint density at radius 1 is 1.19 bits per heavy atom. The molecule has 1 atom stereocenters. The van der Waals surface area contributed by atoms with Crippen molar-refractivity contribution in [3.05, 3.63) is 70.5 Å². The number of ketones is 1. The zero-order valence-corrected chi connectivity index (χ0v) is 18.5. The van der Waals surface area contributed by atoms with Crippen LogP contribution in [0.25, 0.3) is 5.76 Å². The Morgan fingerprint density at radius 2 is 1.97 bits per heavy atom. The topological polar surface area (TPSA) is 106 Å². The largest absolute Gasteiger partial charge is 0.507 e. The molecule has 1 saturated heterocycles. The summed E-state index contributed by atoms with van der Waals surface area (Å²) < 4.78 is 5.66. The number of rotatable bonds is 7. The Labute approximate surface area is 189 Å². The molecule has 9 heteroatoms. The molecular weight excluding hydrogens is 428 g/mol. The van der Waals surface area contributed by atoms with Gasteiger partial charge in [-0.3, -0.25) is 19.5 Å². The van der Waals surface area contributed by atoms with E-state index in [4.69, 9.17) is 4.74 Å². The number of pyridine rings is 1. The number of unbranched alkanes of at least 4 members (excludes halogenated alkanes) is 1. The van der Waals surface area contributed by atoms with Crippen LogP contribution >= 0.6 is 11.3 Å². The standard InChI is InChI=1S/C23H22N4O4S/c1-3-4-12-31-17-9-7-15(8-10-17)20(28)18-19(16-6-5-11-24-13-16)27(22(30)21(18)29)23-26-25-14(2)32-23/h5-11,13,19,28H,3-4,12H2,1-2H3/t19-/m0/s1. The molecule has 8 nitrogen and oxygen atoms in total. The minimum absolute atomic E-state index is 0.0181. The highest BCUT2D eigenvalue weighted by molar-refractivity contribution is 7.15. The van der Waals surface area contributed by atoms with Crippen molar-refractivity contribution < 1.29 is 19.4 Å². The lowest BCUT2D eigenvalue weighted by Gasteiger charge is -2.22. The predicted octanol–water partition coefficient (Wildman–Crippen LogP) is 4.05. The van der Waals surface area contributed by atoms with E-state index in [9.17, 15) is 14.7 Å². The van der Waals surface area contributed by atoms with Crippen LogP contribution in [0.5, 0.6) is 5.75 Å². The van der Waals surface area contributed by atoms with Crippen LogP contribution in [0.15, 0.2) is 54.4 Å². The van der Waals surface area contributed by atoms with Gasteiger partial charge < -0.3 is 9.84 Å². The number of benzene rings is 1. The van der Waals surface area contributed by atoms with E-state index in [-0.39, 0.29) is 16.5 Å². The van der Waals surface area contributed by atoms with E-state index in [1.54, 1.807) is 55.7 Å². The van der Waals surface area contributed by atoms with Crippen LogP contribution in [0, 0.1) is 6.92 Å². The number of hydrogen-bond donors (Lipinski definition) is 1. The Hall–Kier alpha value is -3.59. The summed E-state index contributed by atoms with van der Waals surface area (Å²) >= 11 is 1.20. The minimum atomic E-state index is -0.864. The molecule has 32 heavy (non-hydrogen) atoms. The Balaban J connectivity index is 1.77. The molecule has 0 radical (unpaired) electrons. The number of aliphatic hydroxyl groups is 1. The quantitative estimate of drug-likeness (QED) is 0.251. The summed E-state index contributed by atoms with van der Waals surface area (Å²) in [5, 5.41) is 20.1. The molecule has 0 spiro atoms. The first-order chi connectivity index (χ1) is 15.5. The molecule has 0 saturated carbocycles. The first kappa shape index (κ1) is 21.6. The molecule has 0 aliphatic carbocycles. The average Bonchev–Trinajstić information content (AvgIpc) is 3.35. The maximum absolute atomic E-state index is 13.0. The molecule has 164 valence electrons. The number of aliphatic hydroxyl groups excluding tert-OH is 1. The van der Waals surface area contributed by atoms with E-state index >= 15 is 0 Å². The number of hydrogen-bond acceptors (Lipinski definition) is 8. The summed E-state index contributed by atoms with van der Waals surface area (Å²) in [6, 6.07) is 9.39. The fourth-order valence-corrected chi connectivity index (χ4v) is 4.18. The molecule has 1 aliphatic rings. The molecule has 1 fully saturated rings. The lowest BCUT2D eigenvalue weighted by atomic mass is 9.96. The minimum Gasteiger partial charge on any atom is -0.507 e. The highest BCUT2D eigenvalue weighted by Gasteiger charge is 2.48. The van der Waals surface area contributed by atoms with Crippen molar-refractivity contribution in [2.75, 3.05) is 11.5 Å². The van der Waals surface area contributed by atoms with Crippen molar-refractivity contribution in [3.8, 4) is 5.75 Å². The molecule has 3 heterocycles. The number of anilines is 1. The average molecular weight is 451 g/mol. The predicted molar refractivity (Wildman–Crippen MR) is 121 cm³/mol. The van der Waals surface area contributed by atoms with Crippen LogP contribution in [0.1, 0.15) is 41.9 Å². The Morgan fingerprint density at radius 3 is 2.59 bits per heavy atom.